The largest absolute Gasteiger partial charge is 0.480 e. The maximum Gasteiger partial charge on any atom is 0.328 e. The highest BCUT2D eigenvalue weighted by Gasteiger charge is 2.31. The number of nitrogens with one attached hydrogen (secondary N) is 3. The van der Waals surface area contributed by atoms with Crippen LogP contribution in [0, 0.1) is 5.92 Å². The van der Waals surface area contributed by atoms with Crippen molar-refractivity contribution in [1.82, 2.24) is 16.0 Å². The van der Waals surface area contributed by atoms with Crippen molar-refractivity contribution in [2.75, 3.05) is 19.8 Å². The molecule has 0 saturated heterocycles. The molecule has 4 atom stereocenters. The third-order valence-corrected chi connectivity index (χ3v) is 4.17. The maximum atomic E-state index is 12.5. The molecule has 0 bridgehead atoms. The van der Waals surface area contributed by atoms with Gasteiger partial charge in [-0.05, 0) is 25.3 Å². The van der Waals surface area contributed by atoms with Gasteiger partial charge < -0.3 is 42.7 Å². The van der Waals surface area contributed by atoms with Crippen LogP contribution < -0.4 is 27.4 Å². The fraction of sp³-hybridized carbons (Fsp3) is 0.765. The van der Waals surface area contributed by atoms with E-state index >= 15 is 0 Å². The van der Waals surface area contributed by atoms with Gasteiger partial charge in [-0.25, -0.2) is 4.79 Å². The van der Waals surface area contributed by atoms with Crippen molar-refractivity contribution < 1.29 is 34.5 Å². The maximum absolute atomic E-state index is 12.5. The Kier molecular flexibility index (Phi) is 12.7. The number of carbonyl (C=O) groups excluding carboxylic acids is 3. The van der Waals surface area contributed by atoms with Crippen molar-refractivity contribution in [1.29, 1.82) is 0 Å². The van der Waals surface area contributed by atoms with Crippen molar-refractivity contribution >= 4 is 23.7 Å². The Bertz CT molecular complexity index is 558. The Morgan fingerprint density at radius 3 is 1.86 bits per heavy atom. The standard InChI is InChI=1S/C17H33N5O7/c1-9(2)13(22-14(25)10(19)5-3-4-6-18)16(27)20-11(7-23)15(26)21-12(8-24)17(28)29/h9-13,23-24H,3-8,18-19H2,1-2H3,(H,20,27)(H,21,26)(H,22,25)(H,28,29). The molecular formula is C17H33N5O7. The Hall–Kier alpha value is -2.28. The number of aliphatic carboxylic acids is 1. The van der Waals surface area contributed by atoms with Gasteiger partial charge in [0.05, 0.1) is 19.3 Å². The minimum atomic E-state index is -1.58. The van der Waals surface area contributed by atoms with Gasteiger partial charge in [0.15, 0.2) is 0 Å². The molecule has 12 nitrogen and oxygen atoms in total. The van der Waals surface area contributed by atoms with E-state index in [-0.39, 0.29) is 5.92 Å². The summed E-state index contributed by atoms with van der Waals surface area (Å²) < 4.78 is 0. The van der Waals surface area contributed by atoms with Crippen LogP contribution >= 0.6 is 0 Å². The molecule has 0 aromatic carbocycles. The molecule has 29 heavy (non-hydrogen) atoms. The van der Waals surface area contributed by atoms with Gasteiger partial charge in [0.2, 0.25) is 17.7 Å². The molecule has 0 spiro atoms. The van der Waals surface area contributed by atoms with Gasteiger partial charge in [0, 0.05) is 0 Å². The summed E-state index contributed by atoms with van der Waals surface area (Å²) in [5.41, 5.74) is 11.2. The predicted molar refractivity (Wildman–Crippen MR) is 103 cm³/mol. The molecule has 0 fully saturated rings. The summed E-state index contributed by atoms with van der Waals surface area (Å²) in [6.07, 6.45) is 1.77. The highest BCUT2D eigenvalue weighted by Crippen LogP contribution is 2.05. The molecule has 0 aliphatic rings. The molecule has 4 unspecified atom stereocenters. The monoisotopic (exact) mass is 419 g/mol. The molecule has 12 heteroatoms. The van der Waals surface area contributed by atoms with E-state index < -0.39 is 61.1 Å². The Labute approximate surface area is 169 Å². The highest BCUT2D eigenvalue weighted by molar-refractivity contribution is 5.94. The van der Waals surface area contributed by atoms with Crippen molar-refractivity contribution in [2.24, 2.45) is 17.4 Å². The number of nitrogens with two attached hydrogens (primary N) is 2. The summed E-state index contributed by atoms with van der Waals surface area (Å²) in [6.45, 7) is 2.15. The molecule has 168 valence electrons. The van der Waals surface area contributed by atoms with Crippen LogP contribution in [-0.4, -0.2) is 82.9 Å². The first-order valence-electron chi connectivity index (χ1n) is 9.40. The predicted octanol–water partition coefficient (Wildman–Crippen LogP) is -3.38. The third kappa shape index (κ3) is 9.65. The molecule has 0 saturated carbocycles. The van der Waals surface area contributed by atoms with E-state index in [0.29, 0.717) is 25.8 Å². The molecule has 0 aliphatic heterocycles. The van der Waals surface area contributed by atoms with Crippen LogP contribution in [0.15, 0.2) is 0 Å². The molecule has 0 heterocycles. The topological polar surface area (TPSA) is 217 Å². The minimum Gasteiger partial charge on any atom is -0.480 e. The van der Waals surface area contributed by atoms with Crippen LogP contribution in [0.5, 0.6) is 0 Å². The van der Waals surface area contributed by atoms with E-state index in [4.69, 9.17) is 21.7 Å². The van der Waals surface area contributed by atoms with Crippen LogP contribution in [0.1, 0.15) is 33.1 Å². The van der Waals surface area contributed by atoms with E-state index in [2.05, 4.69) is 10.6 Å². The molecule has 0 radical (unpaired) electrons. The van der Waals surface area contributed by atoms with E-state index in [1.807, 2.05) is 5.32 Å². The van der Waals surface area contributed by atoms with Crippen LogP contribution in [0.3, 0.4) is 0 Å². The van der Waals surface area contributed by atoms with Crippen molar-refractivity contribution in [3.63, 3.8) is 0 Å². The number of rotatable bonds is 14. The average Bonchev–Trinajstić information content (AvgIpc) is 2.67. The van der Waals surface area contributed by atoms with Crippen LogP contribution in [0.2, 0.25) is 0 Å². The Morgan fingerprint density at radius 2 is 1.41 bits per heavy atom. The quantitative estimate of drug-likeness (QED) is 0.131. The number of carboxylic acids is 1. The van der Waals surface area contributed by atoms with Gasteiger partial charge in [-0.2, -0.15) is 0 Å². The van der Waals surface area contributed by atoms with E-state index in [1.165, 1.54) is 0 Å². The molecule has 10 N–H and O–H groups in total. The van der Waals surface area contributed by atoms with Gasteiger partial charge in [0.25, 0.3) is 0 Å². The number of hydrogen-bond donors (Lipinski definition) is 8. The van der Waals surface area contributed by atoms with E-state index in [0.717, 1.165) is 0 Å². The second-order valence-electron chi connectivity index (χ2n) is 6.95. The second-order valence-corrected chi connectivity index (χ2v) is 6.95. The molecular weight excluding hydrogens is 386 g/mol. The van der Waals surface area contributed by atoms with E-state index in [1.54, 1.807) is 13.8 Å². The lowest BCUT2D eigenvalue weighted by Crippen LogP contribution is -2.59. The molecule has 0 aromatic rings. The van der Waals surface area contributed by atoms with Crippen molar-refractivity contribution in [2.45, 2.75) is 57.3 Å². The number of aliphatic hydroxyl groups is 2. The number of carbonyl (C=O) groups is 4. The number of amides is 3. The first-order valence-corrected chi connectivity index (χ1v) is 9.40. The summed E-state index contributed by atoms with van der Waals surface area (Å²) in [4.78, 5) is 47.7. The fourth-order valence-electron chi connectivity index (χ4n) is 2.35. The van der Waals surface area contributed by atoms with Crippen molar-refractivity contribution in [3.8, 4) is 0 Å². The summed E-state index contributed by atoms with van der Waals surface area (Å²) in [5, 5.41) is 34.0. The lowest BCUT2D eigenvalue weighted by Gasteiger charge is -2.26. The van der Waals surface area contributed by atoms with Crippen LogP contribution in [0.4, 0.5) is 0 Å². The third-order valence-electron chi connectivity index (χ3n) is 4.17. The zero-order valence-corrected chi connectivity index (χ0v) is 16.8. The Balaban J connectivity index is 4.99. The average molecular weight is 419 g/mol. The molecule has 0 aliphatic carbocycles. The van der Waals surface area contributed by atoms with Crippen LogP contribution in [-0.2, 0) is 19.2 Å². The number of carboxylic acid groups (broad SMARTS) is 1. The molecule has 0 aromatic heterocycles. The fourth-order valence-corrected chi connectivity index (χ4v) is 2.35. The van der Waals surface area contributed by atoms with E-state index in [9.17, 15) is 24.3 Å². The summed E-state index contributed by atoms with van der Waals surface area (Å²) in [5.74, 6) is -4.10. The minimum absolute atomic E-state index is 0.359. The number of aliphatic hydroxyl groups excluding tert-OH is 2. The zero-order valence-electron chi connectivity index (χ0n) is 16.8. The summed E-state index contributed by atoms with van der Waals surface area (Å²) in [6, 6.07) is -4.90. The normalized spacial score (nSPS) is 15.1. The number of unbranched alkanes of at least 4 members (excludes halogenated alkanes) is 1. The van der Waals surface area contributed by atoms with Crippen LogP contribution in [0.25, 0.3) is 0 Å². The SMILES string of the molecule is CC(C)C(NC(=O)C(N)CCCCN)C(=O)NC(CO)C(=O)NC(CO)C(=O)O. The molecule has 3 amide bonds. The van der Waals surface area contributed by atoms with Crippen molar-refractivity contribution in [3.05, 3.63) is 0 Å². The zero-order chi connectivity index (χ0) is 22.6. The van der Waals surface area contributed by atoms with Gasteiger partial charge in [-0.15, -0.1) is 0 Å². The van der Waals surface area contributed by atoms with Gasteiger partial charge in [-0.3, -0.25) is 14.4 Å². The smallest absolute Gasteiger partial charge is 0.328 e. The van der Waals surface area contributed by atoms with Gasteiger partial charge >= 0.3 is 5.97 Å². The lowest BCUT2D eigenvalue weighted by atomic mass is 10.0. The number of hydrogen-bond acceptors (Lipinski definition) is 8. The first kappa shape index (κ1) is 26.7. The second kappa shape index (κ2) is 13.8. The highest BCUT2D eigenvalue weighted by atomic mass is 16.4. The summed E-state index contributed by atoms with van der Waals surface area (Å²) >= 11 is 0. The van der Waals surface area contributed by atoms with Gasteiger partial charge in [0.1, 0.15) is 18.1 Å². The Morgan fingerprint density at radius 1 is 0.862 bits per heavy atom. The summed E-state index contributed by atoms with van der Waals surface area (Å²) in [7, 11) is 0. The first-order chi connectivity index (χ1) is 13.6. The lowest BCUT2D eigenvalue weighted by molar-refractivity contribution is -0.143. The van der Waals surface area contributed by atoms with Gasteiger partial charge in [-0.1, -0.05) is 20.3 Å². The molecule has 0 rings (SSSR count).